The van der Waals surface area contributed by atoms with Crippen LogP contribution < -0.4 is 0 Å². The zero-order valence-corrected chi connectivity index (χ0v) is 12.6. The molecule has 1 heteroatoms. The first-order chi connectivity index (χ1) is 8.95. The Labute approximate surface area is 130 Å². The van der Waals surface area contributed by atoms with Gasteiger partial charge in [0.1, 0.15) is 0 Å². The Morgan fingerprint density at radius 1 is 0.579 bits per heavy atom. The maximum Gasteiger partial charge on any atom is 2.00 e. The molecule has 0 bridgehead atoms. The second-order valence-electron chi connectivity index (χ2n) is 4.24. The average Bonchev–Trinajstić information content (AvgIpc) is 2.45. The van der Waals surface area contributed by atoms with Gasteiger partial charge >= 0.3 is 21.7 Å². The third-order valence-electron chi connectivity index (χ3n) is 2.78. The minimum atomic E-state index is 0. The van der Waals surface area contributed by atoms with Crippen LogP contribution >= 0.6 is 0 Å². The molecule has 2 aromatic rings. The van der Waals surface area contributed by atoms with Crippen molar-refractivity contribution in [2.45, 2.75) is 12.8 Å². The molecule has 0 atom stereocenters. The Kier molecular flexibility index (Phi) is 7.89. The Hall–Kier alpha value is -1.37. The number of hydrogen-bond acceptors (Lipinski definition) is 0. The summed E-state index contributed by atoms with van der Waals surface area (Å²) in [6, 6.07) is 21.0. The molecule has 0 radical (unpaired) electrons. The predicted octanol–water partition coefficient (Wildman–Crippen LogP) is 4.58. The second-order valence-corrected chi connectivity index (χ2v) is 4.24. The number of rotatable bonds is 5. The van der Waals surface area contributed by atoms with Crippen LogP contribution in [0.15, 0.2) is 85.0 Å². The molecule has 0 unspecified atom stereocenters. The Bertz CT molecular complexity index is 448. The fraction of sp³-hybridized carbons (Fsp3) is 0.111. The van der Waals surface area contributed by atoms with Crippen LogP contribution in [-0.2, 0) is 34.6 Å². The first-order valence-corrected chi connectivity index (χ1v) is 6.34. The van der Waals surface area contributed by atoms with Crippen LogP contribution in [0, 0.1) is 0 Å². The van der Waals surface area contributed by atoms with Gasteiger partial charge in [0.05, 0.1) is 0 Å². The molecule has 19 heavy (non-hydrogen) atoms. The Morgan fingerprint density at radius 3 is 1.32 bits per heavy atom. The molecule has 0 fully saturated rings. The van der Waals surface area contributed by atoms with Crippen molar-refractivity contribution in [1.29, 1.82) is 0 Å². The zero-order chi connectivity index (χ0) is 12.5. The molecule has 0 aliphatic heterocycles. The van der Waals surface area contributed by atoms with Gasteiger partial charge in [0.15, 0.2) is 0 Å². The summed E-state index contributed by atoms with van der Waals surface area (Å²) in [5.74, 6) is 0. The van der Waals surface area contributed by atoms with Crippen LogP contribution in [0.5, 0.6) is 0 Å². The van der Waals surface area contributed by atoms with Gasteiger partial charge in [0.25, 0.3) is 0 Å². The van der Waals surface area contributed by atoms with E-state index in [4.69, 9.17) is 0 Å². The molecular formula is C18H18Ti+2. The molecule has 2 aromatic carbocycles. The minimum Gasteiger partial charge on any atom is -0.0801 e. The van der Waals surface area contributed by atoms with E-state index in [0.717, 1.165) is 12.8 Å². The quantitative estimate of drug-likeness (QED) is 0.556. The van der Waals surface area contributed by atoms with Crippen molar-refractivity contribution in [3.05, 3.63) is 96.1 Å². The van der Waals surface area contributed by atoms with Crippen LogP contribution in [0.2, 0.25) is 0 Å². The standard InChI is InChI=1S/C18H18.Ti/c1(5-11-17-13-7-3-8-14-17)2-6-12-18-15-9-4-10-16-18;/h1-10,13-16H,11-12H2;/q;+2. The molecule has 0 saturated carbocycles. The average molecular weight is 282 g/mol. The number of benzene rings is 2. The van der Waals surface area contributed by atoms with Crippen molar-refractivity contribution < 1.29 is 21.7 Å². The van der Waals surface area contributed by atoms with E-state index in [2.05, 4.69) is 72.8 Å². The SMILES string of the molecule is C(C=CCc1ccccc1)=CCc1ccccc1.[Ti+2]. The summed E-state index contributed by atoms with van der Waals surface area (Å²) in [6.45, 7) is 0. The van der Waals surface area contributed by atoms with Gasteiger partial charge in [-0.2, -0.15) is 0 Å². The van der Waals surface area contributed by atoms with Crippen LogP contribution in [0.25, 0.3) is 0 Å². The topological polar surface area (TPSA) is 0 Å². The second kappa shape index (κ2) is 9.55. The monoisotopic (exact) mass is 282 g/mol. The fourth-order valence-electron chi connectivity index (χ4n) is 1.79. The van der Waals surface area contributed by atoms with Crippen molar-refractivity contribution in [2.75, 3.05) is 0 Å². The van der Waals surface area contributed by atoms with Crippen LogP contribution in [0.4, 0.5) is 0 Å². The summed E-state index contributed by atoms with van der Waals surface area (Å²) in [6.07, 6.45) is 10.6. The van der Waals surface area contributed by atoms with Crippen LogP contribution in [-0.4, -0.2) is 0 Å². The van der Waals surface area contributed by atoms with E-state index in [1.807, 2.05) is 12.1 Å². The molecule has 0 spiro atoms. The normalized spacial score (nSPS) is 10.7. The maximum absolute atomic E-state index is 2.19. The predicted molar refractivity (Wildman–Crippen MR) is 78.6 cm³/mol. The first kappa shape index (κ1) is 15.7. The number of hydrogen-bond donors (Lipinski definition) is 0. The van der Waals surface area contributed by atoms with E-state index in [-0.39, 0.29) is 21.7 Å². The van der Waals surface area contributed by atoms with Crippen molar-refractivity contribution in [2.24, 2.45) is 0 Å². The Morgan fingerprint density at radius 2 is 0.947 bits per heavy atom. The molecule has 0 nitrogen and oxygen atoms in total. The van der Waals surface area contributed by atoms with Crippen molar-refractivity contribution >= 4 is 0 Å². The van der Waals surface area contributed by atoms with E-state index in [1.165, 1.54) is 11.1 Å². The summed E-state index contributed by atoms with van der Waals surface area (Å²) in [7, 11) is 0. The van der Waals surface area contributed by atoms with E-state index in [0.29, 0.717) is 0 Å². The van der Waals surface area contributed by atoms with E-state index in [1.54, 1.807) is 0 Å². The van der Waals surface area contributed by atoms with Gasteiger partial charge in [-0.1, -0.05) is 85.0 Å². The third kappa shape index (κ3) is 6.38. The van der Waals surface area contributed by atoms with E-state index in [9.17, 15) is 0 Å². The Balaban J connectivity index is 0.00000180. The minimum absolute atomic E-state index is 0. The van der Waals surface area contributed by atoms with Gasteiger partial charge < -0.3 is 0 Å². The van der Waals surface area contributed by atoms with Crippen molar-refractivity contribution in [3.8, 4) is 0 Å². The van der Waals surface area contributed by atoms with Gasteiger partial charge in [-0.3, -0.25) is 0 Å². The van der Waals surface area contributed by atoms with Gasteiger partial charge in [-0.05, 0) is 24.0 Å². The maximum atomic E-state index is 2.19. The smallest absolute Gasteiger partial charge is 0.0801 e. The van der Waals surface area contributed by atoms with Gasteiger partial charge in [-0.15, -0.1) is 0 Å². The molecular weight excluding hydrogens is 264 g/mol. The zero-order valence-electron chi connectivity index (χ0n) is 11.0. The van der Waals surface area contributed by atoms with Gasteiger partial charge in [-0.25, -0.2) is 0 Å². The summed E-state index contributed by atoms with van der Waals surface area (Å²) in [5, 5.41) is 0. The summed E-state index contributed by atoms with van der Waals surface area (Å²) in [4.78, 5) is 0. The largest absolute Gasteiger partial charge is 2.00 e. The summed E-state index contributed by atoms with van der Waals surface area (Å²) >= 11 is 0. The van der Waals surface area contributed by atoms with E-state index >= 15 is 0 Å². The van der Waals surface area contributed by atoms with Gasteiger partial charge in [0.2, 0.25) is 0 Å². The molecule has 0 aliphatic rings. The molecule has 0 N–H and O–H groups in total. The molecule has 0 amide bonds. The molecule has 0 saturated heterocycles. The summed E-state index contributed by atoms with van der Waals surface area (Å²) < 4.78 is 0. The molecule has 0 aliphatic carbocycles. The molecule has 2 rings (SSSR count). The van der Waals surface area contributed by atoms with Gasteiger partial charge in [0, 0.05) is 0 Å². The summed E-state index contributed by atoms with van der Waals surface area (Å²) in [5.41, 5.74) is 2.70. The third-order valence-corrected chi connectivity index (χ3v) is 2.78. The molecule has 0 heterocycles. The molecule has 0 aromatic heterocycles. The van der Waals surface area contributed by atoms with Crippen LogP contribution in [0.3, 0.4) is 0 Å². The van der Waals surface area contributed by atoms with Crippen molar-refractivity contribution in [3.63, 3.8) is 0 Å². The van der Waals surface area contributed by atoms with E-state index < -0.39 is 0 Å². The first-order valence-electron chi connectivity index (χ1n) is 6.34. The van der Waals surface area contributed by atoms with Crippen LogP contribution in [0.1, 0.15) is 11.1 Å². The molecule has 92 valence electrons. The fourth-order valence-corrected chi connectivity index (χ4v) is 1.79. The number of allylic oxidation sites excluding steroid dienone is 4. The van der Waals surface area contributed by atoms with Crippen molar-refractivity contribution in [1.82, 2.24) is 0 Å².